The Balaban J connectivity index is 3.18. The van der Waals surface area contributed by atoms with Crippen LogP contribution in [0.4, 0.5) is 0 Å². The molecule has 3 nitrogen and oxygen atoms in total. The van der Waals surface area contributed by atoms with Crippen molar-refractivity contribution in [2.24, 2.45) is 5.73 Å². The number of unbranched alkanes of at least 4 members (excludes halogenated alkanes) is 1. The van der Waals surface area contributed by atoms with Crippen molar-refractivity contribution in [1.82, 2.24) is 10.2 Å². The summed E-state index contributed by atoms with van der Waals surface area (Å²) in [5.41, 5.74) is 5.33. The first kappa shape index (κ1) is 10.7. The lowest BCUT2D eigenvalue weighted by Gasteiger charge is -2.14. The zero-order valence-electron chi connectivity index (χ0n) is 7.26. The van der Waals surface area contributed by atoms with Crippen LogP contribution < -0.4 is 11.1 Å². The van der Waals surface area contributed by atoms with Crippen LogP contribution in [0, 0.1) is 0 Å². The van der Waals surface area contributed by atoms with Gasteiger partial charge in [-0.2, -0.15) is 0 Å². The fourth-order valence-electron chi connectivity index (χ4n) is 0.623. The van der Waals surface area contributed by atoms with Crippen LogP contribution in [-0.4, -0.2) is 37.2 Å². The van der Waals surface area contributed by atoms with Gasteiger partial charge in [0.1, 0.15) is 0 Å². The highest BCUT2D eigenvalue weighted by Crippen LogP contribution is 1.84. The van der Waals surface area contributed by atoms with Gasteiger partial charge in [0.15, 0.2) is 5.11 Å². The van der Waals surface area contributed by atoms with Gasteiger partial charge >= 0.3 is 0 Å². The topological polar surface area (TPSA) is 41.3 Å². The third-order valence-electron chi connectivity index (χ3n) is 1.31. The second-order valence-electron chi connectivity index (χ2n) is 2.62. The molecule has 0 spiro atoms. The van der Waals surface area contributed by atoms with Crippen LogP contribution in [0.25, 0.3) is 0 Å². The molecule has 0 aliphatic heterocycles. The average molecular weight is 175 g/mol. The molecular formula is C7H17N3S. The number of nitrogens with two attached hydrogens (primary N) is 1. The van der Waals surface area contributed by atoms with E-state index >= 15 is 0 Å². The van der Waals surface area contributed by atoms with Crippen molar-refractivity contribution in [3.05, 3.63) is 0 Å². The Hall–Kier alpha value is -0.350. The van der Waals surface area contributed by atoms with Gasteiger partial charge in [0.05, 0.1) is 0 Å². The molecule has 0 aromatic carbocycles. The van der Waals surface area contributed by atoms with Crippen molar-refractivity contribution in [2.45, 2.75) is 12.8 Å². The van der Waals surface area contributed by atoms with E-state index < -0.39 is 0 Å². The van der Waals surface area contributed by atoms with E-state index in [1.54, 1.807) is 0 Å². The SMILES string of the molecule is CN(C)C(=S)NCCCCN. The van der Waals surface area contributed by atoms with E-state index in [2.05, 4.69) is 5.32 Å². The van der Waals surface area contributed by atoms with Crippen molar-refractivity contribution in [1.29, 1.82) is 0 Å². The molecule has 0 rings (SSSR count). The minimum Gasteiger partial charge on any atom is -0.363 e. The summed E-state index contributed by atoms with van der Waals surface area (Å²) in [6.07, 6.45) is 2.15. The van der Waals surface area contributed by atoms with Gasteiger partial charge in [-0.1, -0.05) is 0 Å². The average Bonchev–Trinajstić information content (AvgIpc) is 1.97. The summed E-state index contributed by atoms with van der Waals surface area (Å²) in [6.45, 7) is 1.69. The number of hydrogen-bond donors (Lipinski definition) is 2. The molecule has 0 saturated heterocycles. The smallest absolute Gasteiger partial charge is 0.168 e. The second kappa shape index (κ2) is 6.37. The Kier molecular flexibility index (Phi) is 6.16. The summed E-state index contributed by atoms with van der Waals surface area (Å²) in [6, 6.07) is 0. The van der Waals surface area contributed by atoms with Crippen LogP contribution in [0.15, 0.2) is 0 Å². The van der Waals surface area contributed by atoms with Gasteiger partial charge in [-0.3, -0.25) is 0 Å². The molecule has 0 aromatic heterocycles. The highest BCUT2D eigenvalue weighted by molar-refractivity contribution is 7.80. The Bertz CT molecular complexity index is 114. The summed E-state index contributed by atoms with van der Waals surface area (Å²) < 4.78 is 0. The standard InChI is InChI=1S/C7H17N3S/c1-10(2)7(11)9-6-4-3-5-8/h3-6,8H2,1-2H3,(H,9,11). The van der Waals surface area contributed by atoms with E-state index in [-0.39, 0.29) is 0 Å². The maximum absolute atomic E-state index is 5.33. The third kappa shape index (κ3) is 6.06. The van der Waals surface area contributed by atoms with Gasteiger partial charge < -0.3 is 16.0 Å². The Morgan fingerprint density at radius 2 is 2.09 bits per heavy atom. The van der Waals surface area contributed by atoms with E-state index in [1.807, 2.05) is 19.0 Å². The number of thiocarbonyl (C=S) groups is 1. The van der Waals surface area contributed by atoms with E-state index in [9.17, 15) is 0 Å². The maximum atomic E-state index is 5.33. The highest BCUT2D eigenvalue weighted by Gasteiger charge is 1.94. The Morgan fingerprint density at radius 3 is 2.55 bits per heavy atom. The van der Waals surface area contributed by atoms with Crippen LogP contribution in [0.1, 0.15) is 12.8 Å². The van der Waals surface area contributed by atoms with E-state index in [0.717, 1.165) is 31.0 Å². The van der Waals surface area contributed by atoms with E-state index in [0.29, 0.717) is 0 Å². The summed E-state index contributed by atoms with van der Waals surface area (Å²) in [4.78, 5) is 1.89. The van der Waals surface area contributed by atoms with Gasteiger partial charge in [0, 0.05) is 20.6 Å². The van der Waals surface area contributed by atoms with Crippen molar-refractivity contribution >= 4 is 17.3 Å². The molecule has 0 atom stereocenters. The van der Waals surface area contributed by atoms with Crippen LogP contribution in [-0.2, 0) is 0 Å². The van der Waals surface area contributed by atoms with E-state index in [1.165, 1.54) is 0 Å². The number of nitrogens with zero attached hydrogens (tertiary/aromatic N) is 1. The second-order valence-corrected chi connectivity index (χ2v) is 3.01. The first-order chi connectivity index (χ1) is 5.18. The molecule has 0 aromatic rings. The fourth-order valence-corrected chi connectivity index (χ4v) is 0.725. The molecule has 4 heteroatoms. The molecule has 0 radical (unpaired) electrons. The quantitative estimate of drug-likeness (QED) is 0.472. The summed E-state index contributed by atoms with van der Waals surface area (Å²) in [7, 11) is 3.86. The molecule has 0 aliphatic carbocycles. The minimum absolute atomic E-state index is 0.760. The molecular weight excluding hydrogens is 158 g/mol. The largest absolute Gasteiger partial charge is 0.363 e. The fraction of sp³-hybridized carbons (Fsp3) is 0.857. The predicted octanol–water partition coefficient (Wildman–Crippen LogP) is 0.161. The molecule has 0 bridgehead atoms. The highest BCUT2D eigenvalue weighted by atomic mass is 32.1. The normalized spacial score (nSPS) is 9.36. The van der Waals surface area contributed by atoms with E-state index in [4.69, 9.17) is 18.0 Å². The van der Waals surface area contributed by atoms with Gasteiger partial charge in [-0.25, -0.2) is 0 Å². The lowest BCUT2D eigenvalue weighted by molar-refractivity contribution is 0.591. The molecule has 0 fully saturated rings. The zero-order valence-corrected chi connectivity index (χ0v) is 8.08. The molecule has 0 amide bonds. The number of hydrogen-bond acceptors (Lipinski definition) is 2. The van der Waals surface area contributed by atoms with Crippen molar-refractivity contribution in [3.63, 3.8) is 0 Å². The first-order valence-electron chi connectivity index (χ1n) is 3.83. The van der Waals surface area contributed by atoms with Gasteiger partial charge in [-0.05, 0) is 31.6 Å². The molecule has 11 heavy (non-hydrogen) atoms. The summed E-state index contributed by atoms with van der Waals surface area (Å²) >= 11 is 5.01. The lowest BCUT2D eigenvalue weighted by Crippen LogP contribution is -2.34. The molecule has 0 aliphatic rings. The Morgan fingerprint density at radius 1 is 1.45 bits per heavy atom. The minimum atomic E-state index is 0.760. The molecule has 66 valence electrons. The van der Waals surface area contributed by atoms with Gasteiger partial charge in [0.2, 0.25) is 0 Å². The zero-order chi connectivity index (χ0) is 8.69. The summed E-state index contributed by atoms with van der Waals surface area (Å²) in [5, 5.41) is 3.91. The monoisotopic (exact) mass is 175 g/mol. The van der Waals surface area contributed by atoms with Gasteiger partial charge in [0.25, 0.3) is 0 Å². The number of rotatable bonds is 4. The molecule has 0 unspecified atom stereocenters. The van der Waals surface area contributed by atoms with Crippen LogP contribution in [0.5, 0.6) is 0 Å². The molecule has 0 heterocycles. The molecule has 0 saturated carbocycles. The van der Waals surface area contributed by atoms with Gasteiger partial charge in [-0.15, -0.1) is 0 Å². The van der Waals surface area contributed by atoms with Crippen molar-refractivity contribution < 1.29 is 0 Å². The lowest BCUT2D eigenvalue weighted by atomic mass is 10.3. The summed E-state index contributed by atoms with van der Waals surface area (Å²) in [5.74, 6) is 0. The maximum Gasteiger partial charge on any atom is 0.168 e. The first-order valence-corrected chi connectivity index (χ1v) is 4.24. The van der Waals surface area contributed by atoms with Crippen LogP contribution >= 0.6 is 12.2 Å². The Labute approximate surface area is 73.9 Å². The molecule has 3 N–H and O–H groups in total. The third-order valence-corrected chi connectivity index (χ3v) is 1.82. The van der Waals surface area contributed by atoms with Crippen LogP contribution in [0.2, 0.25) is 0 Å². The predicted molar refractivity (Wildman–Crippen MR) is 52.6 cm³/mol. The van der Waals surface area contributed by atoms with Crippen LogP contribution in [0.3, 0.4) is 0 Å². The van der Waals surface area contributed by atoms with Crippen molar-refractivity contribution in [2.75, 3.05) is 27.2 Å². The number of nitrogens with one attached hydrogen (secondary N) is 1. The van der Waals surface area contributed by atoms with Crippen molar-refractivity contribution in [3.8, 4) is 0 Å².